The molecule has 0 saturated carbocycles. The van der Waals surface area contributed by atoms with Gasteiger partial charge in [0.1, 0.15) is 5.82 Å². The lowest BCUT2D eigenvalue weighted by atomic mass is 10.1. The third kappa shape index (κ3) is 3.04. The van der Waals surface area contributed by atoms with E-state index < -0.39 is 0 Å². The molecule has 86 valence electrons. The summed E-state index contributed by atoms with van der Waals surface area (Å²) in [5.74, 6) is -0.238. The maximum atomic E-state index is 13.5. The summed E-state index contributed by atoms with van der Waals surface area (Å²) in [4.78, 5) is 2.15. The molecule has 16 heavy (non-hydrogen) atoms. The molecule has 0 heterocycles. The standard InChI is InChI=1S/C13H17FN2/c1-4-16(10(2)3)9-12-7-11(8-15)5-6-13(12)14/h5-7,10H,4,9H2,1-3H3. The first-order valence-corrected chi connectivity index (χ1v) is 5.51. The van der Waals surface area contributed by atoms with Crippen LogP contribution in [0.1, 0.15) is 31.9 Å². The van der Waals surface area contributed by atoms with Crippen LogP contribution in [0.2, 0.25) is 0 Å². The molecule has 0 atom stereocenters. The van der Waals surface area contributed by atoms with Gasteiger partial charge in [-0.2, -0.15) is 5.26 Å². The molecule has 0 aliphatic heterocycles. The first-order chi connectivity index (χ1) is 7.58. The van der Waals surface area contributed by atoms with Gasteiger partial charge >= 0.3 is 0 Å². The van der Waals surface area contributed by atoms with Gasteiger partial charge < -0.3 is 0 Å². The van der Waals surface area contributed by atoms with Gasteiger partial charge in [-0.25, -0.2) is 4.39 Å². The normalized spacial score (nSPS) is 10.8. The van der Waals surface area contributed by atoms with Gasteiger partial charge in [0.25, 0.3) is 0 Å². The molecule has 3 heteroatoms. The van der Waals surface area contributed by atoms with E-state index in [1.807, 2.05) is 13.0 Å². The fourth-order valence-corrected chi connectivity index (χ4v) is 1.64. The summed E-state index contributed by atoms with van der Waals surface area (Å²) >= 11 is 0. The topological polar surface area (TPSA) is 27.0 Å². The van der Waals surface area contributed by atoms with Crippen molar-refractivity contribution in [1.82, 2.24) is 4.90 Å². The van der Waals surface area contributed by atoms with Crippen LogP contribution < -0.4 is 0 Å². The number of hydrogen-bond acceptors (Lipinski definition) is 2. The second-order valence-electron chi connectivity index (χ2n) is 4.07. The average molecular weight is 220 g/mol. The third-order valence-corrected chi connectivity index (χ3v) is 2.68. The molecule has 0 fully saturated rings. The zero-order valence-electron chi connectivity index (χ0n) is 10.00. The molecule has 0 aliphatic carbocycles. The van der Waals surface area contributed by atoms with Crippen molar-refractivity contribution in [3.05, 3.63) is 35.1 Å². The smallest absolute Gasteiger partial charge is 0.127 e. The van der Waals surface area contributed by atoms with E-state index in [1.165, 1.54) is 12.1 Å². The van der Waals surface area contributed by atoms with Gasteiger partial charge in [-0.3, -0.25) is 4.90 Å². The van der Waals surface area contributed by atoms with Gasteiger partial charge in [0.15, 0.2) is 0 Å². The minimum atomic E-state index is -0.238. The molecule has 0 radical (unpaired) electrons. The summed E-state index contributed by atoms with van der Waals surface area (Å²) in [5, 5.41) is 8.77. The number of rotatable bonds is 4. The average Bonchev–Trinajstić information content (AvgIpc) is 2.27. The van der Waals surface area contributed by atoms with Crippen LogP contribution in [0.3, 0.4) is 0 Å². The monoisotopic (exact) mass is 220 g/mol. The summed E-state index contributed by atoms with van der Waals surface area (Å²) < 4.78 is 13.5. The van der Waals surface area contributed by atoms with Crippen molar-refractivity contribution in [3.8, 4) is 6.07 Å². The van der Waals surface area contributed by atoms with Crippen molar-refractivity contribution in [2.24, 2.45) is 0 Å². The van der Waals surface area contributed by atoms with Crippen LogP contribution in [-0.4, -0.2) is 17.5 Å². The summed E-state index contributed by atoms with van der Waals surface area (Å²) in [5.41, 5.74) is 1.10. The van der Waals surface area contributed by atoms with Crippen molar-refractivity contribution in [2.45, 2.75) is 33.4 Å². The van der Waals surface area contributed by atoms with Crippen LogP contribution >= 0.6 is 0 Å². The van der Waals surface area contributed by atoms with E-state index in [4.69, 9.17) is 5.26 Å². The summed E-state index contributed by atoms with van der Waals surface area (Å²) in [6.45, 7) is 7.63. The predicted molar refractivity (Wildman–Crippen MR) is 62.3 cm³/mol. The molecule has 0 aliphatic rings. The second-order valence-corrected chi connectivity index (χ2v) is 4.07. The summed E-state index contributed by atoms with van der Waals surface area (Å²) in [6.07, 6.45) is 0. The Bertz CT molecular complexity index is 393. The Hall–Kier alpha value is -1.40. The Morgan fingerprint density at radius 1 is 1.44 bits per heavy atom. The highest BCUT2D eigenvalue weighted by atomic mass is 19.1. The van der Waals surface area contributed by atoms with E-state index in [9.17, 15) is 4.39 Å². The van der Waals surface area contributed by atoms with E-state index in [0.29, 0.717) is 23.7 Å². The zero-order chi connectivity index (χ0) is 12.1. The highest BCUT2D eigenvalue weighted by Gasteiger charge is 2.11. The lowest BCUT2D eigenvalue weighted by Gasteiger charge is -2.24. The van der Waals surface area contributed by atoms with Gasteiger partial charge in [0, 0.05) is 18.2 Å². The van der Waals surface area contributed by atoms with Crippen molar-refractivity contribution < 1.29 is 4.39 Å². The molecule has 2 nitrogen and oxygen atoms in total. The number of nitriles is 1. The van der Waals surface area contributed by atoms with Crippen molar-refractivity contribution >= 4 is 0 Å². The molecule has 0 unspecified atom stereocenters. The quantitative estimate of drug-likeness (QED) is 0.780. The SMILES string of the molecule is CCN(Cc1cc(C#N)ccc1F)C(C)C. The highest BCUT2D eigenvalue weighted by Crippen LogP contribution is 2.14. The number of nitrogens with zero attached hydrogens (tertiary/aromatic N) is 2. The van der Waals surface area contributed by atoms with Crippen LogP contribution in [0.4, 0.5) is 4.39 Å². The van der Waals surface area contributed by atoms with E-state index in [0.717, 1.165) is 6.54 Å². The van der Waals surface area contributed by atoms with Gasteiger partial charge in [0.2, 0.25) is 0 Å². The van der Waals surface area contributed by atoms with E-state index in [-0.39, 0.29) is 5.82 Å². The largest absolute Gasteiger partial charge is 0.297 e. The molecule has 0 aromatic heterocycles. The zero-order valence-corrected chi connectivity index (χ0v) is 10.00. The third-order valence-electron chi connectivity index (χ3n) is 2.68. The maximum Gasteiger partial charge on any atom is 0.127 e. The molecular formula is C13H17FN2. The Balaban J connectivity index is 2.91. The Labute approximate surface area is 96.3 Å². The Morgan fingerprint density at radius 3 is 2.62 bits per heavy atom. The van der Waals surface area contributed by atoms with Crippen molar-refractivity contribution in [1.29, 1.82) is 5.26 Å². The molecule has 0 spiro atoms. The van der Waals surface area contributed by atoms with E-state index in [2.05, 4.69) is 18.7 Å². The predicted octanol–water partition coefficient (Wildman–Crippen LogP) is 2.93. The van der Waals surface area contributed by atoms with Gasteiger partial charge in [-0.1, -0.05) is 6.92 Å². The maximum absolute atomic E-state index is 13.5. The van der Waals surface area contributed by atoms with Gasteiger partial charge in [-0.05, 0) is 38.6 Å². The highest BCUT2D eigenvalue weighted by molar-refractivity contribution is 5.33. The van der Waals surface area contributed by atoms with Gasteiger partial charge in [0.05, 0.1) is 11.6 Å². The van der Waals surface area contributed by atoms with Crippen molar-refractivity contribution in [2.75, 3.05) is 6.54 Å². The van der Waals surface area contributed by atoms with Crippen LogP contribution in [0, 0.1) is 17.1 Å². The van der Waals surface area contributed by atoms with Crippen LogP contribution in [-0.2, 0) is 6.54 Å². The number of benzene rings is 1. The first kappa shape index (κ1) is 12.7. The van der Waals surface area contributed by atoms with Crippen molar-refractivity contribution in [3.63, 3.8) is 0 Å². The fourth-order valence-electron chi connectivity index (χ4n) is 1.64. The number of halogens is 1. The molecule has 0 amide bonds. The minimum Gasteiger partial charge on any atom is -0.297 e. The molecule has 1 aromatic carbocycles. The lowest BCUT2D eigenvalue weighted by molar-refractivity contribution is 0.222. The summed E-state index contributed by atoms with van der Waals surface area (Å²) in [6, 6.07) is 6.89. The van der Waals surface area contributed by atoms with E-state index in [1.54, 1.807) is 6.07 Å². The second kappa shape index (κ2) is 5.62. The molecule has 0 N–H and O–H groups in total. The number of hydrogen-bond donors (Lipinski definition) is 0. The molecule has 1 aromatic rings. The van der Waals surface area contributed by atoms with Gasteiger partial charge in [-0.15, -0.1) is 0 Å². The van der Waals surface area contributed by atoms with Crippen LogP contribution in [0.15, 0.2) is 18.2 Å². The van der Waals surface area contributed by atoms with Crippen LogP contribution in [0.25, 0.3) is 0 Å². The fraction of sp³-hybridized carbons (Fsp3) is 0.462. The Morgan fingerprint density at radius 2 is 2.12 bits per heavy atom. The molecule has 0 saturated heterocycles. The first-order valence-electron chi connectivity index (χ1n) is 5.51. The Kier molecular flexibility index (Phi) is 4.45. The molecule has 0 bridgehead atoms. The summed E-state index contributed by atoms with van der Waals surface area (Å²) in [7, 11) is 0. The van der Waals surface area contributed by atoms with E-state index >= 15 is 0 Å². The minimum absolute atomic E-state index is 0.238. The molecular weight excluding hydrogens is 203 g/mol. The molecule has 1 rings (SSSR count). The lowest BCUT2D eigenvalue weighted by Crippen LogP contribution is -2.30. The van der Waals surface area contributed by atoms with Crippen LogP contribution in [0.5, 0.6) is 0 Å².